The van der Waals surface area contributed by atoms with Gasteiger partial charge in [-0.2, -0.15) is 0 Å². The average molecular weight is 265 g/mol. The van der Waals surface area contributed by atoms with E-state index in [9.17, 15) is 4.79 Å². The fourth-order valence-corrected chi connectivity index (χ4v) is 2.06. The number of hydrogen-bond donors (Lipinski definition) is 1. The number of carbonyl (C=O) groups is 1. The second-order valence-corrected chi connectivity index (χ2v) is 4.78. The Bertz CT molecular complexity index is 429. The molecule has 4 heteroatoms. The Labute approximate surface area is 115 Å². The maximum Gasteiger partial charge on any atom is 0.307 e. The van der Waals surface area contributed by atoms with E-state index in [-0.39, 0.29) is 12.0 Å². The Hall–Kier alpha value is -1.55. The first-order valence-electron chi connectivity index (χ1n) is 6.45. The van der Waals surface area contributed by atoms with Gasteiger partial charge < -0.3 is 14.8 Å². The Morgan fingerprint density at radius 3 is 2.47 bits per heavy atom. The number of methoxy groups -OCH3 is 2. The van der Waals surface area contributed by atoms with E-state index < -0.39 is 0 Å². The highest BCUT2D eigenvalue weighted by Crippen LogP contribution is 2.30. The molecule has 1 unspecified atom stereocenters. The van der Waals surface area contributed by atoms with Crippen LogP contribution >= 0.6 is 0 Å². The van der Waals surface area contributed by atoms with E-state index in [0.29, 0.717) is 12.3 Å². The Morgan fingerprint density at radius 2 is 2.00 bits per heavy atom. The summed E-state index contributed by atoms with van der Waals surface area (Å²) in [6.07, 6.45) is 0.316. The van der Waals surface area contributed by atoms with Crippen LogP contribution in [0.2, 0.25) is 0 Å². The summed E-state index contributed by atoms with van der Waals surface area (Å²) in [4.78, 5) is 11.4. The molecule has 4 nitrogen and oxygen atoms in total. The van der Waals surface area contributed by atoms with Crippen LogP contribution in [0, 0.1) is 0 Å². The number of rotatable bonds is 6. The SMILES string of the molecule is CNC(CC(=O)OC)c1ccc(OC)c(C(C)C)c1. The zero-order valence-corrected chi connectivity index (χ0v) is 12.3. The summed E-state index contributed by atoms with van der Waals surface area (Å²) in [5.74, 6) is 1.03. The number of ether oxygens (including phenoxy) is 2. The van der Waals surface area contributed by atoms with Crippen LogP contribution in [0.3, 0.4) is 0 Å². The van der Waals surface area contributed by atoms with Gasteiger partial charge in [0.1, 0.15) is 5.75 Å². The monoisotopic (exact) mass is 265 g/mol. The molecule has 0 amide bonds. The van der Waals surface area contributed by atoms with Crippen LogP contribution < -0.4 is 10.1 Å². The maximum atomic E-state index is 11.4. The van der Waals surface area contributed by atoms with Gasteiger partial charge in [0.2, 0.25) is 0 Å². The van der Waals surface area contributed by atoms with Gasteiger partial charge in [-0.05, 0) is 30.2 Å². The standard InChI is InChI=1S/C15H23NO3/c1-10(2)12-8-11(6-7-14(12)18-4)13(16-3)9-15(17)19-5/h6-8,10,13,16H,9H2,1-5H3. The average Bonchev–Trinajstić information content (AvgIpc) is 2.43. The molecule has 1 N–H and O–H groups in total. The molecular weight excluding hydrogens is 242 g/mol. The first kappa shape index (κ1) is 15.5. The normalized spacial score (nSPS) is 12.3. The second-order valence-electron chi connectivity index (χ2n) is 4.78. The molecule has 0 radical (unpaired) electrons. The molecule has 0 saturated heterocycles. The van der Waals surface area contributed by atoms with Crippen LogP contribution in [-0.2, 0) is 9.53 Å². The van der Waals surface area contributed by atoms with Crippen molar-refractivity contribution < 1.29 is 14.3 Å². The predicted octanol–water partition coefficient (Wildman–Crippen LogP) is 2.64. The number of hydrogen-bond acceptors (Lipinski definition) is 4. The van der Waals surface area contributed by atoms with Gasteiger partial charge in [0.15, 0.2) is 0 Å². The van der Waals surface area contributed by atoms with E-state index in [0.717, 1.165) is 16.9 Å². The van der Waals surface area contributed by atoms with E-state index in [1.54, 1.807) is 7.11 Å². The van der Waals surface area contributed by atoms with Crippen molar-refractivity contribution in [1.82, 2.24) is 5.32 Å². The molecule has 19 heavy (non-hydrogen) atoms. The van der Waals surface area contributed by atoms with E-state index in [1.807, 2.05) is 19.2 Å². The zero-order valence-electron chi connectivity index (χ0n) is 12.3. The summed E-state index contributed by atoms with van der Waals surface area (Å²) in [7, 11) is 4.92. The smallest absolute Gasteiger partial charge is 0.307 e. The third kappa shape index (κ3) is 3.96. The lowest BCUT2D eigenvalue weighted by Crippen LogP contribution is -2.21. The molecule has 0 aliphatic carbocycles. The molecule has 0 aliphatic heterocycles. The van der Waals surface area contributed by atoms with E-state index in [4.69, 9.17) is 9.47 Å². The molecule has 0 aliphatic rings. The molecule has 0 heterocycles. The van der Waals surface area contributed by atoms with Gasteiger partial charge in [0, 0.05) is 6.04 Å². The minimum Gasteiger partial charge on any atom is -0.496 e. The van der Waals surface area contributed by atoms with Crippen LogP contribution in [0.25, 0.3) is 0 Å². The van der Waals surface area contributed by atoms with Crippen molar-refractivity contribution in [1.29, 1.82) is 0 Å². The first-order valence-corrected chi connectivity index (χ1v) is 6.45. The minimum atomic E-state index is -0.221. The minimum absolute atomic E-state index is 0.0455. The fourth-order valence-electron chi connectivity index (χ4n) is 2.06. The van der Waals surface area contributed by atoms with Gasteiger partial charge in [-0.25, -0.2) is 0 Å². The summed E-state index contributed by atoms with van der Waals surface area (Å²) >= 11 is 0. The Morgan fingerprint density at radius 1 is 1.32 bits per heavy atom. The molecule has 1 rings (SSSR count). The lowest BCUT2D eigenvalue weighted by atomic mass is 9.95. The largest absolute Gasteiger partial charge is 0.496 e. The molecule has 0 bridgehead atoms. The van der Waals surface area contributed by atoms with Gasteiger partial charge in [-0.1, -0.05) is 26.0 Å². The number of carbonyl (C=O) groups excluding carboxylic acids is 1. The molecule has 1 aromatic carbocycles. The highest BCUT2D eigenvalue weighted by molar-refractivity contribution is 5.70. The van der Waals surface area contributed by atoms with Crippen LogP contribution in [0.5, 0.6) is 5.75 Å². The third-order valence-corrected chi connectivity index (χ3v) is 3.23. The Kier molecular flexibility index (Phi) is 5.83. The van der Waals surface area contributed by atoms with Crippen molar-refractivity contribution >= 4 is 5.97 Å². The van der Waals surface area contributed by atoms with Crippen molar-refractivity contribution in [2.45, 2.75) is 32.2 Å². The van der Waals surface area contributed by atoms with Gasteiger partial charge in [-0.3, -0.25) is 4.79 Å². The molecular formula is C15H23NO3. The van der Waals surface area contributed by atoms with Crippen LogP contribution in [-0.4, -0.2) is 27.2 Å². The summed E-state index contributed by atoms with van der Waals surface area (Å²) < 4.78 is 10.1. The summed E-state index contributed by atoms with van der Waals surface area (Å²) in [6, 6.07) is 5.98. The fraction of sp³-hybridized carbons (Fsp3) is 0.533. The first-order chi connectivity index (χ1) is 9.03. The van der Waals surface area contributed by atoms with Crippen LogP contribution in [0.1, 0.15) is 43.4 Å². The Balaban J connectivity index is 3.04. The summed E-state index contributed by atoms with van der Waals surface area (Å²) in [5, 5.41) is 3.15. The van der Waals surface area contributed by atoms with E-state index in [1.165, 1.54) is 7.11 Å². The highest BCUT2D eigenvalue weighted by Gasteiger charge is 2.17. The molecule has 1 aromatic rings. The lowest BCUT2D eigenvalue weighted by Gasteiger charge is -2.19. The third-order valence-electron chi connectivity index (χ3n) is 3.23. The van der Waals surface area contributed by atoms with E-state index in [2.05, 4.69) is 25.2 Å². The van der Waals surface area contributed by atoms with Crippen molar-refractivity contribution in [2.75, 3.05) is 21.3 Å². The zero-order chi connectivity index (χ0) is 14.4. The topological polar surface area (TPSA) is 47.6 Å². The molecule has 0 spiro atoms. The summed E-state index contributed by atoms with van der Waals surface area (Å²) in [6.45, 7) is 4.24. The van der Waals surface area contributed by atoms with Crippen molar-refractivity contribution in [3.05, 3.63) is 29.3 Å². The molecule has 0 aromatic heterocycles. The molecule has 0 saturated carbocycles. The number of esters is 1. The highest BCUT2D eigenvalue weighted by atomic mass is 16.5. The number of nitrogens with one attached hydrogen (secondary N) is 1. The van der Waals surface area contributed by atoms with Gasteiger partial charge in [0.05, 0.1) is 20.6 Å². The van der Waals surface area contributed by atoms with Gasteiger partial charge in [-0.15, -0.1) is 0 Å². The van der Waals surface area contributed by atoms with Crippen molar-refractivity contribution in [3.8, 4) is 5.75 Å². The van der Waals surface area contributed by atoms with Crippen LogP contribution in [0.15, 0.2) is 18.2 Å². The molecule has 106 valence electrons. The van der Waals surface area contributed by atoms with Crippen molar-refractivity contribution in [2.24, 2.45) is 0 Å². The van der Waals surface area contributed by atoms with Gasteiger partial charge in [0.25, 0.3) is 0 Å². The summed E-state index contributed by atoms with van der Waals surface area (Å²) in [5.41, 5.74) is 2.21. The predicted molar refractivity (Wildman–Crippen MR) is 75.5 cm³/mol. The number of benzene rings is 1. The molecule has 0 fully saturated rings. The second kappa shape index (κ2) is 7.14. The van der Waals surface area contributed by atoms with Crippen molar-refractivity contribution in [3.63, 3.8) is 0 Å². The molecule has 1 atom stereocenters. The van der Waals surface area contributed by atoms with Gasteiger partial charge >= 0.3 is 5.97 Å². The lowest BCUT2D eigenvalue weighted by molar-refractivity contribution is -0.141. The van der Waals surface area contributed by atoms with Crippen LogP contribution in [0.4, 0.5) is 0 Å². The van der Waals surface area contributed by atoms with E-state index >= 15 is 0 Å². The quantitative estimate of drug-likeness (QED) is 0.803. The maximum absolute atomic E-state index is 11.4.